The summed E-state index contributed by atoms with van der Waals surface area (Å²) >= 11 is 0. The topological polar surface area (TPSA) is 20.3 Å². The van der Waals surface area contributed by atoms with E-state index in [2.05, 4.69) is 25.1 Å². The summed E-state index contributed by atoms with van der Waals surface area (Å²) in [5.74, 6) is 0.322. The summed E-state index contributed by atoms with van der Waals surface area (Å²) < 4.78 is 0. The SMILES string of the molecule is Cc1ccccc1CCC(C)C(=O)N(C)C. The maximum atomic E-state index is 11.7. The highest BCUT2D eigenvalue weighted by Gasteiger charge is 2.14. The minimum Gasteiger partial charge on any atom is -0.349 e. The summed E-state index contributed by atoms with van der Waals surface area (Å²) in [6.45, 7) is 4.12. The molecule has 1 atom stereocenters. The minimum absolute atomic E-state index is 0.106. The van der Waals surface area contributed by atoms with E-state index in [-0.39, 0.29) is 11.8 Å². The van der Waals surface area contributed by atoms with Crippen molar-refractivity contribution in [2.24, 2.45) is 5.92 Å². The predicted octanol–water partition coefficient (Wildman–Crippen LogP) is 2.65. The van der Waals surface area contributed by atoms with Crippen LogP contribution in [0.4, 0.5) is 0 Å². The highest BCUT2D eigenvalue weighted by Crippen LogP contribution is 2.14. The van der Waals surface area contributed by atoms with Crippen LogP contribution in [0.25, 0.3) is 0 Å². The molecule has 0 N–H and O–H groups in total. The molecule has 0 fully saturated rings. The Morgan fingerprint density at radius 1 is 1.31 bits per heavy atom. The summed E-state index contributed by atoms with van der Waals surface area (Å²) in [6.07, 6.45) is 1.90. The Morgan fingerprint density at radius 3 is 2.50 bits per heavy atom. The molecule has 1 aromatic rings. The third-order valence-electron chi connectivity index (χ3n) is 2.97. The van der Waals surface area contributed by atoms with E-state index in [1.54, 1.807) is 4.90 Å². The van der Waals surface area contributed by atoms with Crippen LogP contribution in [0.1, 0.15) is 24.5 Å². The molecule has 0 bridgehead atoms. The molecule has 0 heterocycles. The van der Waals surface area contributed by atoms with Gasteiger partial charge >= 0.3 is 0 Å². The molecule has 0 aliphatic rings. The van der Waals surface area contributed by atoms with E-state index in [1.165, 1.54) is 11.1 Å². The number of aryl methyl sites for hydroxylation is 2. The molecule has 2 heteroatoms. The Hall–Kier alpha value is -1.31. The zero-order chi connectivity index (χ0) is 12.1. The van der Waals surface area contributed by atoms with Gasteiger partial charge in [-0.25, -0.2) is 0 Å². The Kier molecular flexibility index (Phi) is 4.53. The number of rotatable bonds is 4. The Labute approximate surface area is 98.3 Å². The van der Waals surface area contributed by atoms with Gasteiger partial charge in [0.2, 0.25) is 5.91 Å². The Morgan fingerprint density at radius 2 is 1.94 bits per heavy atom. The van der Waals surface area contributed by atoms with Gasteiger partial charge in [0, 0.05) is 20.0 Å². The smallest absolute Gasteiger partial charge is 0.224 e. The fourth-order valence-electron chi connectivity index (χ4n) is 1.83. The number of hydrogen-bond acceptors (Lipinski definition) is 1. The maximum absolute atomic E-state index is 11.7. The first-order chi connectivity index (χ1) is 7.52. The van der Waals surface area contributed by atoms with Gasteiger partial charge in [0.25, 0.3) is 0 Å². The number of hydrogen-bond donors (Lipinski definition) is 0. The van der Waals surface area contributed by atoms with Gasteiger partial charge in [-0.05, 0) is 30.9 Å². The second-order valence-electron chi connectivity index (χ2n) is 4.60. The lowest BCUT2D eigenvalue weighted by Gasteiger charge is -2.17. The van der Waals surface area contributed by atoms with Crippen molar-refractivity contribution in [3.63, 3.8) is 0 Å². The van der Waals surface area contributed by atoms with Crippen molar-refractivity contribution in [1.29, 1.82) is 0 Å². The predicted molar refractivity (Wildman–Crippen MR) is 67.4 cm³/mol. The maximum Gasteiger partial charge on any atom is 0.224 e. The molecule has 1 unspecified atom stereocenters. The molecule has 0 aliphatic heterocycles. The summed E-state index contributed by atoms with van der Waals surface area (Å²) in [7, 11) is 3.62. The highest BCUT2D eigenvalue weighted by molar-refractivity contribution is 5.77. The molecule has 1 amide bonds. The van der Waals surface area contributed by atoms with Gasteiger partial charge in [0.15, 0.2) is 0 Å². The second kappa shape index (κ2) is 5.69. The average Bonchev–Trinajstić information content (AvgIpc) is 2.26. The number of amides is 1. The van der Waals surface area contributed by atoms with Crippen LogP contribution in [-0.4, -0.2) is 24.9 Å². The Balaban J connectivity index is 2.52. The lowest BCUT2D eigenvalue weighted by molar-refractivity contribution is -0.132. The summed E-state index contributed by atoms with van der Waals surface area (Å²) in [5, 5.41) is 0. The van der Waals surface area contributed by atoms with Crippen LogP contribution in [0.15, 0.2) is 24.3 Å². The van der Waals surface area contributed by atoms with E-state index in [1.807, 2.05) is 27.1 Å². The van der Waals surface area contributed by atoms with E-state index in [9.17, 15) is 4.79 Å². The van der Waals surface area contributed by atoms with Crippen molar-refractivity contribution in [3.05, 3.63) is 35.4 Å². The summed E-state index contributed by atoms with van der Waals surface area (Å²) in [6, 6.07) is 8.37. The van der Waals surface area contributed by atoms with Gasteiger partial charge in [0.1, 0.15) is 0 Å². The zero-order valence-electron chi connectivity index (χ0n) is 10.7. The number of carbonyl (C=O) groups is 1. The molecule has 0 radical (unpaired) electrons. The molecule has 0 spiro atoms. The highest BCUT2D eigenvalue weighted by atomic mass is 16.2. The first-order valence-corrected chi connectivity index (χ1v) is 5.78. The minimum atomic E-state index is 0.106. The standard InChI is InChI=1S/C14H21NO/c1-11-7-5-6-8-13(11)10-9-12(2)14(16)15(3)4/h5-8,12H,9-10H2,1-4H3. The quantitative estimate of drug-likeness (QED) is 0.762. The molecule has 1 rings (SSSR count). The first kappa shape index (κ1) is 12.8. The average molecular weight is 219 g/mol. The molecule has 1 aromatic carbocycles. The van der Waals surface area contributed by atoms with Gasteiger partial charge in [-0.3, -0.25) is 4.79 Å². The third kappa shape index (κ3) is 3.37. The second-order valence-corrected chi connectivity index (χ2v) is 4.60. The van der Waals surface area contributed by atoms with Crippen molar-refractivity contribution in [2.75, 3.05) is 14.1 Å². The van der Waals surface area contributed by atoms with Crippen LogP contribution in [0, 0.1) is 12.8 Å². The van der Waals surface area contributed by atoms with Crippen molar-refractivity contribution in [2.45, 2.75) is 26.7 Å². The molecular formula is C14H21NO. The van der Waals surface area contributed by atoms with Crippen LogP contribution in [0.5, 0.6) is 0 Å². The van der Waals surface area contributed by atoms with Crippen LogP contribution >= 0.6 is 0 Å². The largest absolute Gasteiger partial charge is 0.349 e. The van der Waals surface area contributed by atoms with Crippen LogP contribution in [-0.2, 0) is 11.2 Å². The molecule has 2 nitrogen and oxygen atoms in total. The van der Waals surface area contributed by atoms with Gasteiger partial charge < -0.3 is 4.90 Å². The van der Waals surface area contributed by atoms with Crippen molar-refractivity contribution < 1.29 is 4.79 Å². The number of carbonyl (C=O) groups excluding carboxylic acids is 1. The van der Waals surface area contributed by atoms with Crippen molar-refractivity contribution in [3.8, 4) is 0 Å². The Bertz CT molecular complexity index is 358. The summed E-state index contributed by atoms with van der Waals surface area (Å²) in [4.78, 5) is 13.3. The zero-order valence-corrected chi connectivity index (χ0v) is 10.7. The van der Waals surface area contributed by atoms with Crippen LogP contribution in [0.3, 0.4) is 0 Å². The van der Waals surface area contributed by atoms with E-state index < -0.39 is 0 Å². The molecular weight excluding hydrogens is 198 g/mol. The van der Waals surface area contributed by atoms with Crippen LogP contribution in [0.2, 0.25) is 0 Å². The van der Waals surface area contributed by atoms with Gasteiger partial charge in [-0.1, -0.05) is 31.2 Å². The van der Waals surface area contributed by atoms with E-state index >= 15 is 0 Å². The van der Waals surface area contributed by atoms with Gasteiger partial charge in [-0.15, -0.1) is 0 Å². The lowest BCUT2D eigenvalue weighted by atomic mass is 9.97. The molecule has 0 aromatic heterocycles. The molecule has 0 saturated heterocycles. The molecule has 0 aliphatic carbocycles. The molecule has 0 saturated carbocycles. The third-order valence-corrected chi connectivity index (χ3v) is 2.97. The summed E-state index contributed by atoms with van der Waals surface area (Å²) in [5.41, 5.74) is 2.66. The first-order valence-electron chi connectivity index (χ1n) is 5.78. The van der Waals surface area contributed by atoms with E-state index in [0.29, 0.717) is 0 Å². The lowest BCUT2D eigenvalue weighted by Crippen LogP contribution is -2.28. The fourth-order valence-corrected chi connectivity index (χ4v) is 1.83. The van der Waals surface area contributed by atoms with Gasteiger partial charge in [-0.2, -0.15) is 0 Å². The molecule has 88 valence electrons. The van der Waals surface area contributed by atoms with E-state index in [0.717, 1.165) is 12.8 Å². The van der Waals surface area contributed by atoms with Crippen molar-refractivity contribution in [1.82, 2.24) is 4.90 Å². The normalized spacial score (nSPS) is 12.2. The van der Waals surface area contributed by atoms with E-state index in [4.69, 9.17) is 0 Å². The van der Waals surface area contributed by atoms with Gasteiger partial charge in [0.05, 0.1) is 0 Å². The van der Waals surface area contributed by atoms with Crippen LogP contribution < -0.4 is 0 Å². The van der Waals surface area contributed by atoms with Crippen molar-refractivity contribution >= 4 is 5.91 Å². The number of nitrogens with zero attached hydrogens (tertiary/aromatic N) is 1. The number of benzene rings is 1. The molecule has 16 heavy (non-hydrogen) atoms. The fraction of sp³-hybridized carbons (Fsp3) is 0.500. The monoisotopic (exact) mass is 219 g/mol.